The Bertz CT molecular complexity index is 1170. The lowest BCUT2D eigenvalue weighted by atomic mass is 9.98. The molecule has 0 atom stereocenters. The molecule has 0 aliphatic rings. The number of aromatic nitrogens is 2. The zero-order valence-corrected chi connectivity index (χ0v) is 18.7. The zero-order valence-electron chi connectivity index (χ0n) is 17.1. The van der Waals surface area contributed by atoms with Gasteiger partial charge in [0.1, 0.15) is 5.69 Å². The molecule has 31 heavy (non-hydrogen) atoms. The van der Waals surface area contributed by atoms with Crippen LogP contribution in [0.2, 0.25) is 5.02 Å². The fourth-order valence-electron chi connectivity index (χ4n) is 3.16. The van der Waals surface area contributed by atoms with E-state index in [9.17, 15) is 21.6 Å². The number of nitrogens with zero attached hydrogens (tertiary/aromatic N) is 3. The van der Waals surface area contributed by atoms with E-state index in [4.69, 9.17) is 11.6 Å². The largest absolute Gasteiger partial charge is 0.433 e. The van der Waals surface area contributed by atoms with E-state index in [1.807, 2.05) is 0 Å². The van der Waals surface area contributed by atoms with Crippen molar-refractivity contribution in [3.63, 3.8) is 0 Å². The Hall–Kier alpha value is -2.36. The van der Waals surface area contributed by atoms with Gasteiger partial charge in [-0.2, -0.15) is 18.3 Å². The highest BCUT2D eigenvalue weighted by molar-refractivity contribution is 7.90. The maximum atomic E-state index is 14.2. The Balaban J connectivity index is 2.27. The fraction of sp³-hybridized carbons (Fsp3) is 0.286. The van der Waals surface area contributed by atoms with Crippen molar-refractivity contribution in [2.24, 2.45) is 0 Å². The van der Waals surface area contributed by atoms with Crippen molar-refractivity contribution in [1.29, 1.82) is 0 Å². The number of rotatable bonds is 6. The summed E-state index contributed by atoms with van der Waals surface area (Å²) in [7, 11) is 0.0922. The van der Waals surface area contributed by atoms with Crippen LogP contribution in [0.1, 0.15) is 5.69 Å². The van der Waals surface area contributed by atoms with Gasteiger partial charge in [0.15, 0.2) is 15.5 Å². The summed E-state index contributed by atoms with van der Waals surface area (Å²) in [6, 6.07) is 11.7. The molecule has 3 aromatic rings. The SMILES string of the molecule is CN(C)CCn1nc(-c2ccc(S(C)(=O)=O)cc2)c(-c2ccc(Cl)cc2)c1C(F)(F)F. The Kier molecular flexibility index (Phi) is 6.50. The number of benzene rings is 2. The smallest absolute Gasteiger partial charge is 0.308 e. The summed E-state index contributed by atoms with van der Waals surface area (Å²) in [5.74, 6) is 0. The average molecular weight is 472 g/mol. The van der Waals surface area contributed by atoms with E-state index in [1.165, 1.54) is 48.5 Å². The van der Waals surface area contributed by atoms with E-state index in [2.05, 4.69) is 5.10 Å². The standard InChI is InChI=1S/C21H21ClF3N3O2S/c1-27(2)12-13-28-20(21(23,24)25)18(14-4-8-16(22)9-5-14)19(26-28)15-6-10-17(11-7-15)31(3,29)30/h4-11H,12-13H2,1-3H3. The molecule has 0 radical (unpaired) electrons. The Morgan fingerprint density at radius 3 is 2.03 bits per heavy atom. The van der Waals surface area contributed by atoms with Gasteiger partial charge in [-0.25, -0.2) is 8.42 Å². The third-order valence-electron chi connectivity index (χ3n) is 4.67. The molecule has 0 bridgehead atoms. The van der Waals surface area contributed by atoms with Gasteiger partial charge in [0.2, 0.25) is 0 Å². The summed E-state index contributed by atoms with van der Waals surface area (Å²) in [6.45, 7) is 0.390. The van der Waals surface area contributed by atoms with Gasteiger partial charge in [-0.15, -0.1) is 0 Å². The van der Waals surface area contributed by atoms with Gasteiger partial charge in [0.25, 0.3) is 0 Å². The Morgan fingerprint density at radius 1 is 1.00 bits per heavy atom. The van der Waals surface area contributed by atoms with Crippen LogP contribution in [0.4, 0.5) is 13.2 Å². The van der Waals surface area contributed by atoms with Crippen LogP contribution in [0.25, 0.3) is 22.4 Å². The van der Waals surface area contributed by atoms with Gasteiger partial charge < -0.3 is 4.90 Å². The molecule has 0 aliphatic heterocycles. The molecule has 0 fully saturated rings. The van der Waals surface area contributed by atoms with Crippen molar-refractivity contribution in [3.05, 3.63) is 59.2 Å². The lowest BCUT2D eigenvalue weighted by Gasteiger charge is -2.15. The summed E-state index contributed by atoms with van der Waals surface area (Å²) >= 11 is 5.93. The number of sulfone groups is 1. The minimum absolute atomic E-state index is 0.0316. The number of likely N-dealkylation sites (N-methyl/N-ethyl adjacent to an activating group) is 1. The average Bonchev–Trinajstić information content (AvgIpc) is 3.06. The van der Waals surface area contributed by atoms with Gasteiger partial charge in [-0.05, 0) is 43.9 Å². The summed E-state index contributed by atoms with van der Waals surface area (Å²) < 4.78 is 67.0. The second kappa shape index (κ2) is 8.64. The van der Waals surface area contributed by atoms with E-state index in [-0.39, 0.29) is 22.7 Å². The minimum Gasteiger partial charge on any atom is -0.308 e. The van der Waals surface area contributed by atoms with Crippen LogP contribution in [-0.4, -0.2) is 50.0 Å². The quantitative estimate of drug-likeness (QED) is 0.515. The van der Waals surface area contributed by atoms with Gasteiger partial charge in [0.05, 0.1) is 11.4 Å². The van der Waals surface area contributed by atoms with E-state index in [1.54, 1.807) is 19.0 Å². The van der Waals surface area contributed by atoms with Crippen LogP contribution in [0.15, 0.2) is 53.4 Å². The van der Waals surface area contributed by atoms with Crippen molar-refractivity contribution in [2.45, 2.75) is 17.6 Å². The normalized spacial score (nSPS) is 12.5. The summed E-state index contributed by atoms with van der Waals surface area (Å²) in [5.41, 5.74) is -0.121. The highest BCUT2D eigenvalue weighted by Gasteiger charge is 2.40. The molecule has 0 N–H and O–H groups in total. The highest BCUT2D eigenvalue weighted by Crippen LogP contribution is 2.43. The molecule has 0 amide bonds. The van der Waals surface area contributed by atoms with Crippen LogP contribution in [0.3, 0.4) is 0 Å². The lowest BCUT2D eigenvalue weighted by molar-refractivity contribution is -0.143. The maximum absolute atomic E-state index is 14.2. The molecule has 0 saturated heterocycles. The van der Waals surface area contributed by atoms with E-state index >= 15 is 0 Å². The second-order valence-corrected chi connectivity index (χ2v) is 9.85. The third kappa shape index (κ3) is 5.28. The topological polar surface area (TPSA) is 55.2 Å². The Morgan fingerprint density at radius 2 is 1.55 bits per heavy atom. The summed E-state index contributed by atoms with van der Waals surface area (Å²) in [4.78, 5) is 1.84. The van der Waals surface area contributed by atoms with Crippen LogP contribution >= 0.6 is 11.6 Å². The molecule has 0 unspecified atom stereocenters. The number of hydrogen-bond acceptors (Lipinski definition) is 4. The molecule has 0 saturated carbocycles. The molecule has 10 heteroatoms. The highest BCUT2D eigenvalue weighted by atomic mass is 35.5. The van der Waals surface area contributed by atoms with Crippen LogP contribution in [-0.2, 0) is 22.6 Å². The fourth-order valence-corrected chi connectivity index (χ4v) is 3.92. The second-order valence-electron chi connectivity index (χ2n) is 7.40. The molecular formula is C21H21ClF3N3O2S. The van der Waals surface area contributed by atoms with E-state index in [0.717, 1.165) is 10.9 Å². The first-order chi connectivity index (χ1) is 14.4. The van der Waals surface area contributed by atoms with E-state index < -0.39 is 21.7 Å². The summed E-state index contributed by atoms with van der Waals surface area (Å²) in [5, 5.41) is 4.70. The first kappa shape index (κ1) is 23.3. The molecule has 0 spiro atoms. The van der Waals surface area contributed by atoms with Gasteiger partial charge in [-0.3, -0.25) is 4.68 Å². The molecular weight excluding hydrogens is 451 g/mol. The molecule has 166 valence electrons. The lowest BCUT2D eigenvalue weighted by Crippen LogP contribution is -2.23. The molecule has 3 rings (SSSR count). The van der Waals surface area contributed by atoms with Crippen LogP contribution < -0.4 is 0 Å². The first-order valence-corrected chi connectivity index (χ1v) is 11.5. The monoisotopic (exact) mass is 471 g/mol. The van der Waals surface area contributed by atoms with Crippen molar-refractivity contribution in [1.82, 2.24) is 14.7 Å². The predicted molar refractivity (Wildman–Crippen MR) is 115 cm³/mol. The number of hydrogen-bond donors (Lipinski definition) is 0. The van der Waals surface area contributed by atoms with Gasteiger partial charge in [-0.1, -0.05) is 35.9 Å². The van der Waals surface area contributed by atoms with Crippen molar-refractivity contribution < 1.29 is 21.6 Å². The number of alkyl halides is 3. The molecule has 5 nitrogen and oxygen atoms in total. The number of halogens is 4. The zero-order chi connectivity index (χ0) is 23.0. The molecule has 2 aromatic carbocycles. The molecule has 1 aromatic heterocycles. The first-order valence-electron chi connectivity index (χ1n) is 9.27. The van der Waals surface area contributed by atoms with Crippen LogP contribution in [0.5, 0.6) is 0 Å². The minimum atomic E-state index is -4.65. The summed E-state index contributed by atoms with van der Waals surface area (Å²) in [6.07, 6.45) is -3.59. The van der Waals surface area contributed by atoms with Crippen LogP contribution in [0, 0.1) is 0 Å². The van der Waals surface area contributed by atoms with E-state index in [0.29, 0.717) is 22.7 Å². The third-order valence-corrected chi connectivity index (χ3v) is 6.05. The molecule has 0 aliphatic carbocycles. The van der Waals surface area contributed by atoms with Crippen molar-refractivity contribution in [2.75, 3.05) is 26.9 Å². The van der Waals surface area contributed by atoms with Crippen molar-refractivity contribution in [3.8, 4) is 22.4 Å². The van der Waals surface area contributed by atoms with Gasteiger partial charge >= 0.3 is 6.18 Å². The maximum Gasteiger partial charge on any atom is 0.433 e. The Labute approximate surface area is 184 Å². The van der Waals surface area contributed by atoms with Gasteiger partial charge in [0, 0.05) is 29.0 Å². The predicted octanol–water partition coefficient (Wildman–Crippen LogP) is 4.85. The van der Waals surface area contributed by atoms with Crippen molar-refractivity contribution >= 4 is 21.4 Å². The molecule has 1 heterocycles.